The Morgan fingerprint density at radius 3 is 2.86 bits per heavy atom. The van der Waals surface area contributed by atoms with Crippen molar-refractivity contribution in [2.45, 2.75) is 19.3 Å². The standard InChI is InChI=1S/C14H18N2O4S2/c17-14(6-3-9-21-22(18,19)20)15-8-7-11-10-16-13-5-2-1-4-12(11)13/h1-2,4-5,10,16H,3,6-9H2,(H,15,17)(H,18,19,20). The highest BCUT2D eigenvalue weighted by Crippen LogP contribution is 2.17. The molecule has 1 aromatic carbocycles. The van der Waals surface area contributed by atoms with Crippen LogP contribution in [-0.4, -0.2) is 36.2 Å². The number of H-pyrrole nitrogens is 1. The fourth-order valence-electron chi connectivity index (χ4n) is 2.16. The largest absolute Gasteiger partial charge is 0.361 e. The molecule has 2 aromatic rings. The predicted octanol–water partition coefficient (Wildman–Crippen LogP) is 2.14. The summed E-state index contributed by atoms with van der Waals surface area (Å²) < 4.78 is 29.6. The van der Waals surface area contributed by atoms with Crippen molar-refractivity contribution < 1.29 is 17.8 Å². The van der Waals surface area contributed by atoms with Crippen molar-refractivity contribution >= 4 is 36.8 Å². The van der Waals surface area contributed by atoms with Gasteiger partial charge in [-0.05, 0) is 35.3 Å². The van der Waals surface area contributed by atoms with E-state index in [0.29, 0.717) is 23.8 Å². The van der Waals surface area contributed by atoms with Crippen LogP contribution in [0.1, 0.15) is 18.4 Å². The molecule has 22 heavy (non-hydrogen) atoms. The average molecular weight is 342 g/mol. The number of amides is 1. The van der Waals surface area contributed by atoms with Crippen LogP contribution in [-0.2, 0) is 20.4 Å². The van der Waals surface area contributed by atoms with Gasteiger partial charge in [0.25, 0.3) is 0 Å². The molecule has 0 fully saturated rings. The Morgan fingerprint density at radius 2 is 2.09 bits per heavy atom. The van der Waals surface area contributed by atoms with Crippen LogP contribution in [0.15, 0.2) is 30.5 Å². The van der Waals surface area contributed by atoms with Crippen molar-refractivity contribution in [1.82, 2.24) is 10.3 Å². The Morgan fingerprint density at radius 1 is 1.32 bits per heavy atom. The maximum absolute atomic E-state index is 11.6. The zero-order valence-electron chi connectivity index (χ0n) is 11.9. The third kappa shape index (κ3) is 5.36. The second-order valence-corrected chi connectivity index (χ2v) is 8.28. The van der Waals surface area contributed by atoms with Gasteiger partial charge in [0.05, 0.1) is 0 Å². The van der Waals surface area contributed by atoms with E-state index in [9.17, 15) is 13.2 Å². The number of aromatic nitrogens is 1. The highest BCUT2D eigenvalue weighted by molar-refractivity contribution is 8.69. The lowest BCUT2D eigenvalue weighted by molar-refractivity contribution is -0.121. The first kappa shape index (κ1) is 16.9. The van der Waals surface area contributed by atoms with E-state index in [2.05, 4.69) is 10.3 Å². The SMILES string of the molecule is O=C(CCCSS(=O)(=O)O)NCCc1c[nH]c2ccccc12. The summed E-state index contributed by atoms with van der Waals surface area (Å²) in [5, 5.41) is 3.96. The molecule has 6 nitrogen and oxygen atoms in total. The van der Waals surface area contributed by atoms with E-state index in [-0.39, 0.29) is 18.1 Å². The smallest absolute Gasteiger partial charge is 0.319 e. The molecule has 0 spiro atoms. The molecule has 0 aliphatic heterocycles. The summed E-state index contributed by atoms with van der Waals surface area (Å²) in [5.74, 6) is 0.0881. The quantitative estimate of drug-likeness (QED) is 0.388. The molecule has 0 atom stereocenters. The Labute approximate surface area is 132 Å². The van der Waals surface area contributed by atoms with E-state index in [1.165, 1.54) is 0 Å². The molecule has 3 N–H and O–H groups in total. The first-order valence-electron chi connectivity index (χ1n) is 6.89. The minimum absolute atomic E-state index is 0.115. The van der Waals surface area contributed by atoms with E-state index in [1.54, 1.807) is 0 Å². The second-order valence-electron chi connectivity index (χ2n) is 4.81. The van der Waals surface area contributed by atoms with Gasteiger partial charge in [0, 0.05) is 35.8 Å². The second kappa shape index (κ2) is 7.66. The van der Waals surface area contributed by atoms with Crippen molar-refractivity contribution in [2.75, 3.05) is 12.3 Å². The Balaban J connectivity index is 1.69. The summed E-state index contributed by atoms with van der Waals surface area (Å²) in [6.45, 7) is 0.534. The fraction of sp³-hybridized carbons (Fsp3) is 0.357. The number of nitrogens with one attached hydrogen (secondary N) is 2. The number of hydrogen-bond donors (Lipinski definition) is 3. The van der Waals surface area contributed by atoms with Crippen LogP contribution in [0.25, 0.3) is 10.9 Å². The summed E-state index contributed by atoms with van der Waals surface area (Å²) in [5.41, 5.74) is 2.23. The molecule has 120 valence electrons. The van der Waals surface area contributed by atoms with Crippen LogP contribution in [0.3, 0.4) is 0 Å². The maximum Gasteiger partial charge on any atom is 0.319 e. The Bertz CT molecular complexity index is 740. The number of aromatic amines is 1. The van der Waals surface area contributed by atoms with Crippen molar-refractivity contribution in [1.29, 1.82) is 0 Å². The van der Waals surface area contributed by atoms with E-state index < -0.39 is 9.15 Å². The van der Waals surface area contributed by atoms with Crippen LogP contribution in [0, 0.1) is 0 Å². The molecule has 2 rings (SSSR count). The molecular weight excluding hydrogens is 324 g/mol. The van der Waals surface area contributed by atoms with Crippen LogP contribution in [0.2, 0.25) is 0 Å². The van der Waals surface area contributed by atoms with Gasteiger partial charge in [-0.2, -0.15) is 8.42 Å². The van der Waals surface area contributed by atoms with Crippen molar-refractivity contribution in [3.8, 4) is 0 Å². The van der Waals surface area contributed by atoms with Gasteiger partial charge in [-0.3, -0.25) is 9.35 Å². The molecule has 0 radical (unpaired) electrons. The highest BCUT2D eigenvalue weighted by atomic mass is 33.1. The number of carbonyl (C=O) groups is 1. The van der Waals surface area contributed by atoms with E-state index in [1.807, 2.05) is 30.5 Å². The number of benzene rings is 1. The summed E-state index contributed by atoms with van der Waals surface area (Å²) in [7, 11) is -3.57. The van der Waals surface area contributed by atoms with Gasteiger partial charge in [0.15, 0.2) is 0 Å². The fourth-order valence-corrected chi connectivity index (χ4v) is 3.62. The van der Waals surface area contributed by atoms with Gasteiger partial charge in [0.1, 0.15) is 0 Å². The number of hydrogen-bond acceptors (Lipinski definition) is 4. The van der Waals surface area contributed by atoms with Gasteiger partial charge in [-0.1, -0.05) is 18.2 Å². The van der Waals surface area contributed by atoms with E-state index in [4.69, 9.17) is 4.55 Å². The molecule has 0 aliphatic rings. The lowest BCUT2D eigenvalue weighted by Gasteiger charge is -2.04. The first-order valence-corrected chi connectivity index (χ1v) is 9.83. The Kier molecular flexibility index (Phi) is 5.87. The van der Waals surface area contributed by atoms with Crippen LogP contribution in [0.5, 0.6) is 0 Å². The van der Waals surface area contributed by atoms with Crippen molar-refractivity contribution in [2.24, 2.45) is 0 Å². The molecule has 1 heterocycles. The number of para-hydroxylation sites is 1. The molecule has 0 bridgehead atoms. The molecule has 8 heteroatoms. The lowest BCUT2D eigenvalue weighted by atomic mass is 10.1. The van der Waals surface area contributed by atoms with Crippen molar-refractivity contribution in [3.05, 3.63) is 36.0 Å². The molecule has 0 saturated heterocycles. The molecule has 0 saturated carbocycles. The van der Waals surface area contributed by atoms with Gasteiger partial charge < -0.3 is 10.3 Å². The lowest BCUT2D eigenvalue weighted by Crippen LogP contribution is -2.25. The zero-order chi connectivity index (χ0) is 16.0. The topological polar surface area (TPSA) is 99.3 Å². The minimum atomic E-state index is -4.01. The zero-order valence-corrected chi connectivity index (χ0v) is 13.5. The Hall–Kier alpha value is -1.51. The van der Waals surface area contributed by atoms with Crippen molar-refractivity contribution in [3.63, 3.8) is 0 Å². The van der Waals surface area contributed by atoms with Crippen LogP contribution in [0.4, 0.5) is 0 Å². The maximum atomic E-state index is 11.6. The van der Waals surface area contributed by atoms with E-state index >= 15 is 0 Å². The summed E-state index contributed by atoms with van der Waals surface area (Å²) in [6.07, 6.45) is 3.33. The van der Waals surface area contributed by atoms with Gasteiger partial charge in [-0.15, -0.1) is 0 Å². The molecule has 0 unspecified atom stereocenters. The van der Waals surface area contributed by atoms with Gasteiger partial charge >= 0.3 is 9.15 Å². The number of carbonyl (C=O) groups excluding carboxylic acids is 1. The minimum Gasteiger partial charge on any atom is -0.361 e. The molecule has 1 amide bonds. The molecule has 0 aliphatic carbocycles. The monoisotopic (exact) mass is 342 g/mol. The average Bonchev–Trinajstić information content (AvgIpc) is 2.86. The normalized spacial score (nSPS) is 11.7. The third-order valence-corrected chi connectivity index (χ3v) is 5.32. The van der Waals surface area contributed by atoms with Crippen LogP contribution >= 0.6 is 10.8 Å². The molecular formula is C14H18N2O4S2. The number of fused-ring (bicyclic) bond motifs is 1. The first-order chi connectivity index (χ1) is 10.5. The van der Waals surface area contributed by atoms with Gasteiger partial charge in [0.2, 0.25) is 5.91 Å². The summed E-state index contributed by atoms with van der Waals surface area (Å²) >= 11 is 0. The summed E-state index contributed by atoms with van der Waals surface area (Å²) in [4.78, 5) is 14.8. The number of rotatable bonds is 8. The highest BCUT2D eigenvalue weighted by Gasteiger charge is 2.07. The van der Waals surface area contributed by atoms with E-state index in [0.717, 1.165) is 22.9 Å². The molecule has 1 aromatic heterocycles. The predicted molar refractivity (Wildman–Crippen MR) is 88.3 cm³/mol. The third-order valence-electron chi connectivity index (χ3n) is 3.17. The summed E-state index contributed by atoms with van der Waals surface area (Å²) in [6, 6.07) is 7.99. The van der Waals surface area contributed by atoms with Gasteiger partial charge in [-0.25, -0.2) is 0 Å². The van der Waals surface area contributed by atoms with Crippen LogP contribution < -0.4 is 5.32 Å².